The van der Waals surface area contributed by atoms with Gasteiger partial charge >= 0.3 is 6.09 Å². The van der Waals surface area contributed by atoms with Crippen LogP contribution in [-0.2, 0) is 11.3 Å². The van der Waals surface area contributed by atoms with Gasteiger partial charge in [0.05, 0.1) is 11.0 Å². The third-order valence-electron chi connectivity index (χ3n) is 5.22. The highest BCUT2D eigenvalue weighted by Gasteiger charge is 2.27. The average molecular weight is 377 g/mol. The van der Waals surface area contributed by atoms with E-state index in [0.29, 0.717) is 31.6 Å². The van der Waals surface area contributed by atoms with Gasteiger partial charge in [-0.25, -0.2) is 9.78 Å². The molecule has 0 radical (unpaired) electrons. The van der Waals surface area contributed by atoms with Crippen molar-refractivity contribution in [3.8, 4) is 0 Å². The lowest BCUT2D eigenvalue weighted by Gasteiger charge is -2.30. The highest BCUT2D eigenvalue weighted by atomic mass is 16.6. The number of aryl methyl sites for hydroxylation is 1. The van der Waals surface area contributed by atoms with E-state index in [1.54, 1.807) is 4.90 Å². The van der Waals surface area contributed by atoms with Gasteiger partial charge in [-0.05, 0) is 43.0 Å². The van der Waals surface area contributed by atoms with E-state index >= 15 is 0 Å². The molecule has 1 amide bonds. The Morgan fingerprint density at radius 2 is 1.93 bits per heavy atom. The lowest BCUT2D eigenvalue weighted by atomic mass is 9.93. The second kappa shape index (κ2) is 7.84. The molecule has 144 valence electrons. The molecule has 4 rings (SSSR count). The molecule has 0 unspecified atom stereocenters. The lowest BCUT2D eigenvalue weighted by Crippen LogP contribution is -2.39. The Morgan fingerprint density at radius 3 is 2.68 bits per heavy atom. The van der Waals surface area contributed by atoms with Crippen molar-refractivity contribution in [1.82, 2.24) is 14.9 Å². The molecule has 2 aromatic carbocycles. The minimum absolute atomic E-state index is 0.0487. The summed E-state index contributed by atoms with van der Waals surface area (Å²) in [6.45, 7) is 3.37. The van der Waals surface area contributed by atoms with Crippen molar-refractivity contribution in [2.24, 2.45) is 0 Å². The fraction of sp³-hybridized carbons (Fsp3) is 0.318. The second-order valence-corrected chi connectivity index (χ2v) is 7.27. The van der Waals surface area contributed by atoms with Crippen LogP contribution in [0.15, 0.2) is 53.3 Å². The van der Waals surface area contributed by atoms with E-state index in [1.165, 1.54) is 0 Å². The fourth-order valence-corrected chi connectivity index (χ4v) is 3.64. The Balaban J connectivity index is 1.39. The SMILES string of the molecule is Cc1ccc2nc(C3CCN(C(=O)OCc4ccccc4)CC3)c(=O)[nH]c2c1. The van der Waals surface area contributed by atoms with Gasteiger partial charge in [-0.2, -0.15) is 0 Å². The summed E-state index contributed by atoms with van der Waals surface area (Å²) in [4.78, 5) is 34.1. The zero-order valence-electron chi connectivity index (χ0n) is 15.9. The Morgan fingerprint density at radius 1 is 1.18 bits per heavy atom. The lowest BCUT2D eigenvalue weighted by molar-refractivity contribution is 0.0868. The predicted molar refractivity (Wildman–Crippen MR) is 107 cm³/mol. The highest BCUT2D eigenvalue weighted by molar-refractivity contribution is 5.74. The number of carbonyl (C=O) groups is 1. The third-order valence-corrected chi connectivity index (χ3v) is 5.22. The van der Waals surface area contributed by atoms with Crippen molar-refractivity contribution in [3.05, 3.63) is 75.7 Å². The Bertz CT molecular complexity index is 1040. The molecule has 0 aliphatic carbocycles. The molecule has 2 heterocycles. The molecule has 1 N–H and O–H groups in total. The number of rotatable bonds is 3. The molecule has 1 saturated heterocycles. The molecule has 6 heteroatoms. The van der Waals surface area contributed by atoms with Gasteiger partial charge in [0.2, 0.25) is 0 Å². The Kier molecular flexibility index (Phi) is 5.10. The fourth-order valence-electron chi connectivity index (χ4n) is 3.64. The number of hydrogen-bond donors (Lipinski definition) is 1. The first kappa shape index (κ1) is 18.2. The van der Waals surface area contributed by atoms with Crippen LogP contribution in [0, 0.1) is 6.92 Å². The first-order valence-electron chi connectivity index (χ1n) is 9.56. The molecule has 1 aromatic heterocycles. The summed E-state index contributed by atoms with van der Waals surface area (Å²) in [5.74, 6) is 0.0487. The minimum atomic E-state index is -0.307. The van der Waals surface area contributed by atoms with E-state index in [4.69, 9.17) is 4.74 Å². The number of H-pyrrole nitrogens is 1. The molecule has 6 nitrogen and oxygen atoms in total. The van der Waals surface area contributed by atoms with Crippen molar-refractivity contribution >= 4 is 17.1 Å². The summed E-state index contributed by atoms with van der Waals surface area (Å²) in [6, 6.07) is 15.5. The van der Waals surface area contributed by atoms with Gasteiger partial charge in [-0.15, -0.1) is 0 Å². The largest absolute Gasteiger partial charge is 0.445 e. The van der Waals surface area contributed by atoms with Crippen LogP contribution >= 0.6 is 0 Å². The van der Waals surface area contributed by atoms with Gasteiger partial charge in [0.1, 0.15) is 12.3 Å². The first-order chi connectivity index (χ1) is 13.6. The normalized spacial score (nSPS) is 15.0. The van der Waals surface area contributed by atoms with E-state index in [1.807, 2.05) is 55.5 Å². The van der Waals surface area contributed by atoms with Crippen LogP contribution in [-0.4, -0.2) is 34.1 Å². The van der Waals surface area contributed by atoms with Gasteiger partial charge in [-0.3, -0.25) is 4.79 Å². The van der Waals surface area contributed by atoms with E-state index < -0.39 is 0 Å². The quantitative estimate of drug-likeness (QED) is 0.754. The van der Waals surface area contributed by atoms with E-state index in [2.05, 4.69) is 9.97 Å². The number of hydrogen-bond acceptors (Lipinski definition) is 4. The molecule has 0 saturated carbocycles. The molecule has 1 fully saturated rings. The predicted octanol–water partition coefficient (Wildman–Crippen LogP) is 3.75. The summed E-state index contributed by atoms with van der Waals surface area (Å²) < 4.78 is 5.40. The molecular formula is C22H23N3O3. The number of ether oxygens (including phenoxy) is 1. The third kappa shape index (κ3) is 3.91. The minimum Gasteiger partial charge on any atom is -0.445 e. The van der Waals surface area contributed by atoms with Crippen LogP contribution in [0.5, 0.6) is 0 Å². The number of aromatic amines is 1. The first-order valence-corrected chi connectivity index (χ1v) is 9.56. The monoisotopic (exact) mass is 377 g/mol. The van der Waals surface area contributed by atoms with Crippen molar-refractivity contribution in [2.75, 3.05) is 13.1 Å². The Labute approximate surface area is 163 Å². The highest BCUT2D eigenvalue weighted by Crippen LogP contribution is 2.26. The molecule has 1 aliphatic heterocycles. The number of benzene rings is 2. The Hall–Kier alpha value is -3.15. The maximum atomic E-state index is 12.5. The summed E-state index contributed by atoms with van der Waals surface area (Å²) in [6.07, 6.45) is 1.10. The van der Waals surface area contributed by atoms with Gasteiger partial charge in [0, 0.05) is 19.0 Å². The maximum Gasteiger partial charge on any atom is 0.410 e. The van der Waals surface area contributed by atoms with Crippen LogP contribution in [0.3, 0.4) is 0 Å². The van der Waals surface area contributed by atoms with E-state index in [9.17, 15) is 9.59 Å². The number of amides is 1. The molecule has 0 bridgehead atoms. The van der Waals surface area contributed by atoms with Gasteiger partial charge in [0.25, 0.3) is 5.56 Å². The number of fused-ring (bicyclic) bond motifs is 1. The van der Waals surface area contributed by atoms with Crippen molar-refractivity contribution in [2.45, 2.75) is 32.3 Å². The molecule has 0 spiro atoms. The van der Waals surface area contributed by atoms with Gasteiger partial charge in [0.15, 0.2) is 0 Å². The number of piperidine rings is 1. The second-order valence-electron chi connectivity index (χ2n) is 7.27. The topological polar surface area (TPSA) is 75.3 Å². The summed E-state index contributed by atoms with van der Waals surface area (Å²) in [5, 5.41) is 0. The molecule has 1 aliphatic rings. The molecule has 3 aromatic rings. The summed E-state index contributed by atoms with van der Waals surface area (Å²) in [5.41, 5.74) is 4.03. The van der Waals surface area contributed by atoms with Crippen LogP contribution in [0.1, 0.15) is 35.6 Å². The van der Waals surface area contributed by atoms with E-state index in [-0.39, 0.29) is 24.2 Å². The van der Waals surface area contributed by atoms with Crippen LogP contribution < -0.4 is 5.56 Å². The smallest absolute Gasteiger partial charge is 0.410 e. The zero-order valence-corrected chi connectivity index (χ0v) is 15.9. The average Bonchev–Trinajstić information content (AvgIpc) is 2.72. The van der Waals surface area contributed by atoms with Crippen molar-refractivity contribution < 1.29 is 9.53 Å². The summed E-state index contributed by atoms with van der Waals surface area (Å²) in [7, 11) is 0. The van der Waals surface area contributed by atoms with Crippen LogP contribution in [0.4, 0.5) is 4.79 Å². The maximum absolute atomic E-state index is 12.5. The van der Waals surface area contributed by atoms with Crippen LogP contribution in [0.25, 0.3) is 11.0 Å². The number of nitrogens with one attached hydrogen (secondary N) is 1. The standard InChI is InChI=1S/C22H23N3O3/c1-15-7-8-18-19(13-15)24-21(26)20(23-18)17-9-11-25(12-10-17)22(27)28-14-16-5-3-2-4-6-16/h2-8,13,17H,9-12,14H2,1H3,(H,24,26). The number of nitrogens with zero attached hydrogens (tertiary/aromatic N) is 2. The molecule has 28 heavy (non-hydrogen) atoms. The number of aromatic nitrogens is 2. The van der Waals surface area contributed by atoms with Gasteiger partial charge < -0.3 is 14.6 Å². The van der Waals surface area contributed by atoms with Crippen molar-refractivity contribution in [1.29, 1.82) is 0 Å². The summed E-state index contributed by atoms with van der Waals surface area (Å²) >= 11 is 0. The molecule has 0 atom stereocenters. The molecular weight excluding hydrogens is 354 g/mol. The number of carbonyl (C=O) groups excluding carboxylic acids is 1. The number of likely N-dealkylation sites (tertiary alicyclic amines) is 1. The van der Waals surface area contributed by atoms with Gasteiger partial charge in [-0.1, -0.05) is 36.4 Å². The van der Waals surface area contributed by atoms with E-state index in [0.717, 1.165) is 22.2 Å². The zero-order chi connectivity index (χ0) is 19.5. The van der Waals surface area contributed by atoms with Crippen molar-refractivity contribution in [3.63, 3.8) is 0 Å². The van der Waals surface area contributed by atoms with Crippen LogP contribution in [0.2, 0.25) is 0 Å².